The second kappa shape index (κ2) is 9.09. The number of aryl methyl sites for hydroxylation is 1. The summed E-state index contributed by atoms with van der Waals surface area (Å²) in [6, 6.07) is 9.43. The molecule has 0 radical (unpaired) electrons. The van der Waals surface area contributed by atoms with E-state index in [9.17, 15) is 14.0 Å². The van der Waals surface area contributed by atoms with E-state index in [0.29, 0.717) is 32.7 Å². The van der Waals surface area contributed by atoms with Crippen LogP contribution in [-0.2, 0) is 22.6 Å². The summed E-state index contributed by atoms with van der Waals surface area (Å²) in [6.07, 6.45) is 0.300. The number of halogens is 2. The van der Waals surface area contributed by atoms with Gasteiger partial charge in [0, 0.05) is 29.0 Å². The number of rotatable bonds is 7. The van der Waals surface area contributed by atoms with Gasteiger partial charge in [-0.05, 0) is 38.0 Å². The molecule has 0 atom stereocenters. The molecule has 152 valence electrons. The average Bonchev–Trinajstić information content (AvgIpc) is 2.68. The van der Waals surface area contributed by atoms with Crippen LogP contribution in [0.4, 0.5) is 4.39 Å². The molecule has 0 fully saturated rings. The minimum absolute atomic E-state index is 0.0151. The Kier molecular flexibility index (Phi) is 6.54. The third-order valence-electron chi connectivity index (χ3n) is 4.57. The highest BCUT2D eigenvalue weighted by Crippen LogP contribution is 2.32. The molecule has 0 saturated carbocycles. The maximum Gasteiger partial charge on any atom is 0.339 e. The van der Waals surface area contributed by atoms with Crippen LogP contribution in [0.2, 0.25) is 5.02 Å². The molecule has 3 rings (SSSR count). The molecule has 0 unspecified atom stereocenters. The second-order valence-corrected chi connectivity index (χ2v) is 6.86. The van der Waals surface area contributed by atoms with E-state index in [-0.39, 0.29) is 43.6 Å². The summed E-state index contributed by atoms with van der Waals surface area (Å²) in [7, 11) is 0. The largest absolute Gasteiger partial charge is 0.487 e. The maximum absolute atomic E-state index is 13.8. The summed E-state index contributed by atoms with van der Waals surface area (Å²) in [5.74, 6) is -0.469. The molecule has 0 saturated heterocycles. The zero-order chi connectivity index (χ0) is 21.0. The Morgan fingerprint density at radius 2 is 2.00 bits per heavy atom. The Morgan fingerprint density at radius 3 is 2.72 bits per heavy atom. The highest BCUT2D eigenvalue weighted by Gasteiger charge is 2.16. The summed E-state index contributed by atoms with van der Waals surface area (Å²) in [4.78, 5) is 24.0. The first-order chi connectivity index (χ1) is 13.9. The van der Waals surface area contributed by atoms with Crippen LogP contribution in [0.5, 0.6) is 5.75 Å². The third kappa shape index (κ3) is 4.77. The highest BCUT2D eigenvalue weighted by atomic mass is 35.5. The molecule has 0 spiro atoms. The zero-order valence-corrected chi connectivity index (χ0v) is 16.8. The van der Waals surface area contributed by atoms with Crippen molar-refractivity contribution in [2.45, 2.75) is 33.3 Å². The molecule has 0 amide bonds. The number of carbonyl (C=O) groups is 1. The van der Waals surface area contributed by atoms with Crippen LogP contribution >= 0.6 is 11.6 Å². The van der Waals surface area contributed by atoms with Gasteiger partial charge in [0.15, 0.2) is 0 Å². The normalized spacial score (nSPS) is 10.9. The molecule has 0 aliphatic carbocycles. The Bertz CT molecular complexity index is 1110. The van der Waals surface area contributed by atoms with Gasteiger partial charge in [0.1, 0.15) is 23.8 Å². The van der Waals surface area contributed by atoms with Gasteiger partial charge in [-0.2, -0.15) is 0 Å². The van der Waals surface area contributed by atoms with Crippen LogP contribution in [0, 0.1) is 12.7 Å². The van der Waals surface area contributed by atoms with Gasteiger partial charge in [-0.15, -0.1) is 0 Å². The van der Waals surface area contributed by atoms with Crippen molar-refractivity contribution in [2.24, 2.45) is 0 Å². The molecule has 29 heavy (non-hydrogen) atoms. The first-order valence-corrected chi connectivity index (χ1v) is 9.56. The third-order valence-corrected chi connectivity index (χ3v) is 4.86. The van der Waals surface area contributed by atoms with E-state index in [2.05, 4.69) is 0 Å². The molecule has 7 heteroatoms. The minimum Gasteiger partial charge on any atom is -0.487 e. The van der Waals surface area contributed by atoms with Gasteiger partial charge >= 0.3 is 11.6 Å². The Labute approximate surface area is 172 Å². The fourth-order valence-corrected chi connectivity index (χ4v) is 3.24. The molecule has 5 nitrogen and oxygen atoms in total. The highest BCUT2D eigenvalue weighted by molar-refractivity contribution is 6.32. The van der Waals surface area contributed by atoms with Crippen molar-refractivity contribution in [3.05, 3.63) is 74.3 Å². The SMILES string of the molecule is CCOC(=O)CCc1c(C)c2cc(Cl)c(OCc3ccccc3F)cc2oc1=O. The smallest absolute Gasteiger partial charge is 0.339 e. The van der Waals surface area contributed by atoms with Gasteiger partial charge in [0.25, 0.3) is 0 Å². The lowest BCUT2D eigenvalue weighted by atomic mass is 10.0. The summed E-state index contributed by atoms with van der Waals surface area (Å²) in [5, 5.41) is 0.953. The second-order valence-electron chi connectivity index (χ2n) is 6.46. The van der Waals surface area contributed by atoms with Crippen molar-refractivity contribution < 1.29 is 23.1 Å². The zero-order valence-electron chi connectivity index (χ0n) is 16.1. The van der Waals surface area contributed by atoms with E-state index >= 15 is 0 Å². The van der Waals surface area contributed by atoms with Gasteiger partial charge in [0.05, 0.1) is 11.6 Å². The molecule has 0 bridgehead atoms. The van der Waals surface area contributed by atoms with Gasteiger partial charge in [0.2, 0.25) is 0 Å². The number of esters is 1. The van der Waals surface area contributed by atoms with Gasteiger partial charge in [-0.25, -0.2) is 9.18 Å². The Balaban J connectivity index is 1.88. The van der Waals surface area contributed by atoms with E-state index in [0.717, 1.165) is 0 Å². The monoisotopic (exact) mass is 418 g/mol. The molecular weight excluding hydrogens is 399 g/mol. The number of benzene rings is 2. The number of hydrogen-bond acceptors (Lipinski definition) is 5. The van der Waals surface area contributed by atoms with Crippen LogP contribution in [-0.4, -0.2) is 12.6 Å². The molecule has 3 aromatic rings. The summed E-state index contributed by atoms with van der Waals surface area (Å²) in [5.41, 5.74) is 1.25. The predicted octanol–water partition coefficient (Wildman–Crippen LogP) is 4.97. The van der Waals surface area contributed by atoms with E-state index in [1.54, 1.807) is 38.1 Å². The lowest BCUT2D eigenvalue weighted by molar-refractivity contribution is -0.143. The van der Waals surface area contributed by atoms with E-state index < -0.39 is 5.63 Å². The van der Waals surface area contributed by atoms with E-state index in [1.165, 1.54) is 12.1 Å². The summed E-state index contributed by atoms with van der Waals surface area (Å²) < 4.78 is 29.7. The Hall–Kier alpha value is -2.86. The van der Waals surface area contributed by atoms with E-state index in [4.69, 9.17) is 25.5 Å². The lowest BCUT2D eigenvalue weighted by Gasteiger charge is -2.12. The number of hydrogen-bond donors (Lipinski definition) is 0. The molecule has 0 aliphatic heterocycles. The Morgan fingerprint density at radius 1 is 1.24 bits per heavy atom. The molecule has 1 heterocycles. The van der Waals surface area contributed by atoms with Gasteiger partial charge in [-0.3, -0.25) is 4.79 Å². The molecule has 0 aliphatic rings. The van der Waals surface area contributed by atoms with Crippen molar-refractivity contribution in [2.75, 3.05) is 6.61 Å². The molecule has 0 N–H and O–H groups in total. The standard InChI is InChI=1S/C22H20ClFO5/c1-3-27-21(25)9-8-15-13(2)16-10-17(23)20(11-19(16)29-22(15)26)28-12-14-6-4-5-7-18(14)24/h4-7,10-11H,3,8-9,12H2,1-2H3. The predicted molar refractivity (Wildman–Crippen MR) is 108 cm³/mol. The fourth-order valence-electron chi connectivity index (χ4n) is 3.02. The van der Waals surface area contributed by atoms with Gasteiger partial charge < -0.3 is 13.9 Å². The number of ether oxygens (including phenoxy) is 2. The minimum atomic E-state index is -0.526. The molecular formula is C22H20ClFO5. The lowest BCUT2D eigenvalue weighted by Crippen LogP contribution is -2.13. The van der Waals surface area contributed by atoms with Crippen LogP contribution < -0.4 is 10.4 Å². The topological polar surface area (TPSA) is 65.7 Å². The van der Waals surface area contributed by atoms with Crippen LogP contribution in [0.25, 0.3) is 11.0 Å². The van der Waals surface area contributed by atoms with Crippen molar-refractivity contribution in [3.63, 3.8) is 0 Å². The maximum atomic E-state index is 13.8. The van der Waals surface area contributed by atoms with Crippen molar-refractivity contribution in [1.82, 2.24) is 0 Å². The first kappa shape index (κ1) is 20.9. The molecule has 2 aromatic carbocycles. The van der Waals surface area contributed by atoms with Crippen LogP contribution in [0.1, 0.15) is 30.0 Å². The number of fused-ring (bicyclic) bond motifs is 1. The van der Waals surface area contributed by atoms with Crippen molar-refractivity contribution in [3.8, 4) is 5.75 Å². The summed E-state index contributed by atoms with van der Waals surface area (Å²) in [6.45, 7) is 3.77. The summed E-state index contributed by atoms with van der Waals surface area (Å²) >= 11 is 6.33. The fraction of sp³-hybridized carbons (Fsp3) is 0.273. The quantitative estimate of drug-likeness (QED) is 0.400. The average molecular weight is 419 g/mol. The number of carbonyl (C=O) groups excluding carboxylic acids is 1. The van der Waals surface area contributed by atoms with Crippen LogP contribution in [0.3, 0.4) is 0 Å². The molecule has 1 aromatic heterocycles. The van der Waals surface area contributed by atoms with Gasteiger partial charge in [-0.1, -0.05) is 29.8 Å². The van der Waals surface area contributed by atoms with E-state index in [1.807, 2.05) is 0 Å². The van der Waals surface area contributed by atoms with Crippen LogP contribution in [0.15, 0.2) is 45.6 Å². The van der Waals surface area contributed by atoms with Crippen molar-refractivity contribution >= 4 is 28.5 Å². The van der Waals surface area contributed by atoms with Crippen molar-refractivity contribution in [1.29, 1.82) is 0 Å². The first-order valence-electron chi connectivity index (χ1n) is 9.18.